The normalized spacial score (nSPS) is 24.3. The Balaban J connectivity index is 2.38. The Bertz CT molecular complexity index is 394. The van der Waals surface area contributed by atoms with Crippen molar-refractivity contribution in [2.75, 3.05) is 5.73 Å². The minimum atomic E-state index is -0.162. The molecule has 1 unspecified atom stereocenters. The van der Waals surface area contributed by atoms with Crippen LogP contribution in [0.4, 0.5) is 5.95 Å². The fourth-order valence-electron chi connectivity index (χ4n) is 1.65. The van der Waals surface area contributed by atoms with Gasteiger partial charge in [0.05, 0.1) is 5.69 Å². The van der Waals surface area contributed by atoms with Gasteiger partial charge in [-0.15, -0.1) is 0 Å². The standard InChI is InChI=1S/C9H13N3O/c1-9(2)4-5(9)6-3-7(13)12-8(10)11-6/h3,5H,4H2,1-2H3,(H3,10,11,12,13). The van der Waals surface area contributed by atoms with Gasteiger partial charge in [0.25, 0.3) is 5.56 Å². The van der Waals surface area contributed by atoms with Gasteiger partial charge in [-0.2, -0.15) is 0 Å². The molecule has 1 fully saturated rings. The molecule has 1 heterocycles. The van der Waals surface area contributed by atoms with Crippen LogP contribution in [0, 0.1) is 5.41 Å². The summed E-state index contributed by atoms with van der Waals surface area (Å²) in [7, 11) is 0. The highest BCUT2D eigenvalue weighted by atomic mass is 16.1. The smallest absolute Gasteiger partial charge is 0.252 e. The van der Waals surface area contributed by atoms with Gasteiger partial charge < -0.3 is 5.73 Å². The van der Waals surface area contributed by atoms with E-state index in [4.69, 9.17) is 5.73 Å². The van der Waals surface area contributed by atoms with E-state index in [-0.39, 0.29) is 16.9 Å². The lowest BCUT2D eigenvalue weighted by atomic mass is 10.1. The highest BCUT2D eigenvalue weighted by Gasteiger charge is 2.47. The number of nitrogens with zero attached hydrogens (tertiary/aromatic N) is 1. The number of anilines is 1. The van der Waals surface area contributed by atoms with Crippen molar-refractivity contribution in [1.29, 1.82) is 0 Å². The minimum absolute atomic E-state index is 0.162. The van der Waals surface area contributed by atoms with Gasteiger partial charge in [0.15, 0.2) is 0 Å². The zero-order valence-electron chi connectivity index (χ0n) is 7.79. The number of H-pyrrole nitrogens is 1. The van der Waals surface area contributed by atoms with Crippen LogP contribution in [0.25, 0.3) is 0 Å². The Morgan fingerprint density at radius 2 is 2.31 bits per heavy atom. The number of nitrogens with one attached hydrogen (secondary N) is 1. The summed E-state index contributed by atoms with van der Waals surface area (Å²) in [6, 6.07) is 1.54. The highest BCUT2D eigenvalue weighted by molar-refractivity contribution is 5.26. The van der Waals surface area contributed by atoms with Crippen LogP contribution in [0.15, 0.2) is 10.9 Å². The molecule has 13 heavy (non-hydrogen) atoms. The van der Waals surface area contributed by atoms with Gasteiger partial charge >= 0.3 is 0 Å². The van der Waals surface area contributed by atoms with Gasteiger partial charge in [-0.1, -0.05) is 13.8 Å². The molecule has 1 aliphatic rings. The number of nitrogen functional groups attached to an aromatic ring is 1. The minimum Gasteiger partial charge on any atom is -0.369 e. The maximum Gasteiger partial charge on any atom is 0.252 e. The van der Waals surface area contributed by atoms with E-state index < -0.39 is 0 Å². The van der Waals surface area contributed by atoms with Crippen LogP contribution < -0.4 is 11.3 Å². The molecular weight excluding hydrogens is 166 g/mol. The molecule has 0 aliphatic heterocycles. The highest BCUT2D eigenvalue weighted by Crippen LogP contribution is 2.57. The lowest BCUT2D eigenvalue weighted by Crippen LogP contribution is -2.12. The monoisotopic (exact) mass is 179 g/mol. The Hall–Kier alpha value is -1.32. The van der Waals surface area contributed by atoms with E-state index in [1.54, 1.807) is 0 Å². The van der Waals surface area contributed by atoms with Crippen LogP contribution in [-0.4, -0.2) is 9.97 Å². The largest absolute Gasteiger partial charge is 0.369 e. The van der Waals surface area contributed by atoms with Crippen LogP contribution in [0.1, 0.15) is 31.9 Å². The molecule has 2 rings (SSSR count). The predicted molar refractivity (Wildman–Crippen MR) is 50.4 cm³/mol. The molecule has 4 nitrogen and oxygen atoms in total. The zero-order valence-corrected chi connectivity index (χ0v) is 7.79. The third kappa shape index (κ3) is 1.43. The Morgan fingerprint density at radius 3 is 2.77 bits per heavy atom. The van der Waals surface area contributed by atoms with Gasteiger partial charge in [-0.3, -0.25) is 9.78 Å². The van der Waals surface area contributed by atoms with Crippen molar-refractivity contribution in [1.82, 2.24) is 9.97 Å². The van der Waals surface area contributed by atoms with E-state index in [2.05, 4.69) is 23.8 Å². The van der Waals surface area contributed by atoms with Crippen LogP contribution in [0.3, 0.4) is 0 Å². The molecule has 3 N–H and O–H groups in total. The first-order chi connectivity index (χ1) is 5.99. The molecule has 0 amide bonds. The SMILES string of the molecule is CC1(C)CC1c1cc(=O)[nH]c(N)n1. The Labute approximate surface area is 76.2 Å². The van der Waals surface area contributed by atoms with Gasteiger partial charge in [0.2, 0.25) is 5.95 Å². The number of aromatic nitrogens is 2. The number of aromatic amines is 1. The lowest BCUT2D eigenvalue weighted by molar-refractivity contribution is 0.615. The maximum absolute atomic E-state index is 11.1. The van der Waals surface area contributed by atoms with E-state index in [0.717, 1.165) is 12.1 Å². The first-order valence-corrected chi connectivity index (χ1v) is 4.36. The Kier molecular flexibility index (Phi) is 1.49. The second-order valence-electron chi connectivity index (χ2n) is 4.30. The van der Waals surface area contributed by atoms with Crippen LogP contribution in [0.5, 0.6) is 0 Å². The van der Waals surface area contributed by atoms with E-state index in [0.29, 0.717) is 5.92 Å². The van der Waals surface area contributed by atoms with E-state index in [9.17, 15) is 4.79 Å². The van der Waals surface area contributed by atoms with Crippen LogP contribution >= 0.6 is 0 Å². The van der Waals surface area contributed by atoms with Crippen molar-refractivity contribution in [2.45, 2.75) is 26.2 Å². The van der Waals surface area contributed by atoms with Crippen LogP contribution in [0.2, 0.25) is 0 Å². The van der Waals surface area contributed by atoms with Crippen molar-refractivity contribution in [3.63, 3.8) is 0 Å². The number of hydrogen-bond donors (Lipinski definition) is 2. The zero-order chi connectivity index (χ0) is 9.64. The second-order valence-corrected chi connectivity index (χ2v) is 4.30. The van der Waals surface area contributed by atoms with Gasteiger partial charge in [0.1, 0.15) is 0 Å². The van der Waals surface area contributed by atoms with Crippen molar-refractivity contribution in [2.24, 2.45) is 5.41 Å². The summed E-state index contributed by atoms with van der Waals surface area (Å²) in [5.74, 6) is 0.613. The molecule has 1 aliphatic carbocycles. The molecule has 4 heteroatoms. The molecule has 1 aromatic heterocycles. The van der Waals surface area contributed by atoms with Crippen molar-refractivity contribution >= 4 is 5.95 Å². The van der Waals surface area contributed by atoms with Gasteiger partial charge in [-0.25, -0.2) is 4.98 Å². The van der Waals surface area contributed by atoms with Gasteiger partial charge in [-0.05, 0) is 11.8 Å². The summed E-state index contributed by atoms with van der Waals surface area (Å²) < 4.78 is 0. The summed E-state index contributed by atoms with van der Waals surface area (Å²) in [6.07, 6.45) is 1.09. The third-order valence-corrected chi connectivity index (χ3v) is 2.65. The fraction of sp³-hybridized carbons (Fsp3) is 0.556. The van der Waals surface area contributed by atoms with E-state index in [1.807, 2.05) is 0 Å². The second kappa shape index (κ2) is 2.34. The number of nitrogens with two attached hydrogens (primary N) is 1. The summed E-state index contributed by atoms with van der Waals surface area (Å²) in [4.78, 5) is 17.6. The molecular formula is C9H13N3O. The summed E-state index contributed by atoms with van der Waals surface area (Å²) in [6.45, 7) is 4.33. The average Bonchev–Trinajstić information content (AvgIpc) is 2.57. The molecule has 0 aromatic carbocycles. The predicted octanol–water partition coefficient (Wildman–Crippen LogP) is 0.866. The quantitative estimate of drug-likeness (QED) is 0.671. The van der Waals surface area contributed by atoms with Crippen molar-refractivity contribution in [3.8, 4) is 0 Å². The maximum atomic E-state index is 11.1. The van der Waals surface area contributed by atoms with Crippen molar-refractivity contribution in [3.05, 3.63) is 22.1 Å². The van der Waals surface area contributed by atoms with E-state index in [1.165, 1.54) is 6.07 Å². The summed E-state index contributed by atoms with van der Waals surface area (Å²) in [5.41, 5.74) is 6.40. The fourth-order valence-corrected chi connectivity index (χ4v) is 1.65. The number of hydrogen-bond acceptors (Lipinski definition) is 3. The lowest BCUT2D eigenvalue weighted by Gasteiger charge is -2.02. The molecule has 0 saturated heterocycles. The van der Waals surface area contributed by atoms with Crippen LogP contribution in [-0.2, 0) is 0 Å². The summed E-state index contributed by atoms with van der Waals surface area (Å²) in [5, 5.41) is 0. The number of rotatable bonds is 1. The third-order valence-electron chi connectivity index (χ3n) is 2.65. The Morgan fingerprint density at radius 1 is 1.69 bits per heavy atom. The topological polar surface area (TPSA) is 71.8 Å². The average molecular weight is 179 g/mol. The van der Waals surface area contributed by atoms with E-state index >= 15 is 0 Å². The molecule has 70 valence electrons. The van der Waals surface area contributed by atoms with Gasteiger partial charge in [0, 0.05) is 12.0 Å². The molecule has 1 atom stereocenters. The first kappa shape index (κ1) is 8.29. The molecule has 0 radical (unpaired) electrons. The molecule has 0 bridgehead atoms. The first-order valence-electron chi connectivity index (χ1n) is 4.36. The van der Waals surface area contributed by atoms with Crippen molar-refractivity contribution < 1.29 is 0 Å². The molecule has 1 aromatic rings. The molecule has 1 saturated carbocycles. The summed E-state index contributed by atoms with van der Waals surface area (Å²) >= 11 is 0. The molecule has 0 spiro atoms.